The van der Waals surface area contributed by atoms with E-state index in [4.69, 9.17) is 0 Å². The number of rotatable bonds is 6. The molecule has 0 amide bonds. The van der Waals surface area contributed by atoms with Crippen molar-refractivity contribution in [3.63, 3.8) is 0 Å². The molecule has 1 heterocycles. The molecule has 1 aliphatic rings. The number of benzene rings is 3. The molecule has 0 saturated carbocycles. The van der Waals surface area contributed by atoms with Crippen LogP contribution in [0.4, 0.5) is 8.78 Å². The van der Waals surface area contributed by atoms with Gasteiger partial charge in [-0.05, 0) is 61.5 Å². The first-order valence-electron chi connectivity index (χ1n) is 10.4. The summed E-state index contributed by atoms with van der Waals surface area (Å²) in [6.45, 7) is 2.14. The molecule has 1 N–H and O–H groups in total. The topological polar surface area (TPSA) is 40.5 Å². The SMILES string of the molecule is O=C(CCN1CCC(C(O)c2ccc3ccccc3c2F)CC1)c1ccc(F)cc1. The van der Waals surface area contributed by atoms with Crippen molar-refractivity contribution in [2.75, 3.05) is 19.6 Å². The first-order valence-corrected chi connectivity index (χ1v) is 10.4. The molecule has 156 valence electrons. The molecule has 0 bridgehead atoms. The zero-order valence-electron chi connectivity index (χ0n) is 16.7. The Hall–Kier alpha value is -2.63. The van der Waals surface area contributed by atoms with Gasteiger partial charge in [-0.3, -0.25) is 4.79 Å². The average Bonchev–Trinajstić information content (AvgIpc) is 2.78. The third-order valence-corrected chi connectivity index (χ3v) is 6.11. The lowest BCUT2D eigenvalue weighted by Gasteiger charge is -2.34. The summed E-state index contributed by atoms with van der Waals surface area (Å²) in [5, 5.41) is 12.2. The molecular weight excluding hydrogens is 384 g/mol. The minimum atomic E-state index is -0.836. The van der Waals surface area contributed by atoms with Gasteiger partial charge < -0.3 is 10.0 Å². The summed E-state index contributed by atoms with van der Waals surface area (Å²) in [5.41, 5.74) is 0.882. The largest absolute Gasteiger partial charge is 0.388 e. The van der Waals surface area contributed by atoms with Crippen LogP contribution in [-0.4, -0.2) is 35.4 Å². The summed E-state index contributed by atoms with van der Waals surface area (Å²) in [4.78, 5) is 14.5. The maximum Gasteiger partial charge on any atom is 0.164 e. The number of ketones is 1. The molecule has 1 aliphatic heterocycles. The van der Waals surface area contributed by atoms with Crippen molar-refractivity contribution >= 4 is 16.6 Å². The Labute approximate surface area is 174 Å². The number of fused-ring (bicyclic) bond motifs is 1. The van der Waals surface area contributed by atoms with E-state index in [0.717, 1.165) is 31.3 Å². The Morgan fingerprint density at radius 1 is 1.00 bits per heavy atom. The predicted molar refractivity (Wildman–Crippen MR) is 113 cm³/mol. The van der Waals surface area contributed by atoms with E-state index in [-0.39, 0.29) is 23.3 Å². The Balaban J connectivity index is 1.32. The van der Waals surface area contributed by atoms with Gasteiger partial charge in [-0.2, -0.15) is 0 Å². The molecule has 0 aliphatic carbocycles. The summed E-state index contributed by atoms with van der Waals surface area (Å²) < 4.78 is 27.9. The molecule has 1 fully saturated rings. The highest BCUT2D eigenvalue weighted by Crippen LogP contribution is 2.34. The van der Waals surface area contributed by atoms with Gasteiger partial charge in [0.1, 0.15) is 11.6 Å². The first kappa shape index (κ1) is 20.6. The summed E-state index contributed by atoms with van der Waals surface area (Å²) >= 11 is 0. The van der Waals surface area contributed by atoms with Gasteiger partial charge in [0, 0.05) is 29.5 Å². The standard InChI is InChI=1S/C25H25F2NO2/c26-20-8-5-18(6-9-20)23(29)13-16-28-14-11-19(12-15-28)25(30)22-10-7-17-3-1-2-4-21(17)24(22)27/h1-10,19,25,30H,11-16H2. The van der Waals surface area contributed by atoms with Crippen molar-refractivity contribution < 1.29 is 18.7 Å². The minimum absolute atomic E-state index is 0.00427. The predicted octanol–water partition coefficient (Wildman–Crippen LogP) is 5.14. The Morgan fingerprint density at radius 3 is 2.43 bits per heavy atom. The molecule has 4 rings (SSSR count). The fourth-order valence-electron chi connectivity index (χ4n) is 4.26. The molecule has 0 aromatic heterocycles. The van der Waals surface area contributed by atoms with Gasteiger partial charge in [-0.25, -0.2) is 8.78 Å². The van der Waals surface area contributed by atoms with Crippen LogP contribution in [0.3, 0.4) is 0 Å². The van der Waals surface area contributed by atoms with Gasteiger partial charge in [-0.15, -0.1) is 0 Å². The van der Waals surface area contributed by atoms with Crippen molar-refractivity contribution in [1.82, 2.24) is 4.90 Å². The quantitative estimate of drug-likeness (QED) is 0.574. The molecule has 3 aromatic carbocycles. The van der Waals surface area contributed by atoms with Crippen LogP contribution < -0.4 is 0 Å². The molecule has 5 heteroatoms. The molecule has 1 unspecified atom stereocenters. The lowest BCUT2D eigenvalue weighted by Crippen LogP contribution is -2.37. The number of nitrogens with zero attached hydrogens (tertiary/aromatic N) is 1. The molecule has 1 atom stereocenters. The number of hydrogen-bond donors (Lipinski definition) is 1. The van der Waals surface area contributed by atoms with E-state index in [1.807, 2.05) is 18.2 Å². The summed E-state index contributed by atoms with van der Waals surface area (Å²) in [5.74, 6) is -0.706. The molecule has 1 saturated heterocycles. The number of aliphatic hydroxyl groups is 1. The molecule has 3 aromatic rings. The minimum Gasteiger partial charge on any atom is -0.388 e. The van der Waals surface area contributed by atoms with E-state index in [2.05, 4.69) is 4.90 Å². The maximum absolute atomic E-state index is 14.9. The van der Waals surface area contributed by atoms with Crippen molar-refractivity contribution in [3.8, 4) is 0 Å². The fourth-order valence-corrected chi connectivity index (χ4v) is 4.26. The highest BCUT2D eigenvalue weighted by Gasteiger charge is 2.28. The van der Waals surface area contributed by atoms with Crippen LogP contribution in [0.1, 0.15) is 41.3 Å². The van der Waals surface area contributed by atoms with Crippen LogP contribution in [-0.2, 0) is 0 Å². The van der Waals surface area contributed by atoms with E-state index < -0.39 is 6.10 Å². The zero-order valence-corrected chi connectivity index (χ0v) is 16.7. The van der Waals surface area contributed by atoms with Gasteiger partial charge in [-0.1, -0.05) is 36.4 Å². The summed E-state index contributed by atoms with van der Waals surface area (Å²) in [7, 11) is 0. The van der Waals surface area contributed by atoms with E-state index in [9.17, 15) is 18.7 Å². The third-order valence-electron chi connectivity index (χ3n) is 6.11. The van der Waals surface area contributed by atoms with Crippen molar-refractivity contribution in [2.45, 2.75) is 25.4 Å². The van der Waals surface area contributed by atoms with Crippen molar-refractivity contribution in [1.29, 1.82) is 0 Å². The lowest BCUT2D eigenvalue weighted by molar-refractivity contribution is 0.0555. The fraction of sp³-hybridized carbons (Fsp3) is 0.320. The van der Waals surface area contributed by atoms with Crippen molar-refractivity contribution in [2.24, 2.45) is 5.92 Å². The number of piperidine rings is 1. The maximum atomic E-state index is 14.9. The van der Waals surface area contributed by atoms with Gasteiger partial charge >= 0.3 is 0 Å². The molecular formula is C25H25F2NO2. The second kappa shape index (κ2) is 9.02. The van der Waals surface area contributed by atoms with Crippen LogP contribution in [0.15, 0.2) is 60.7 Å². The number of carbonyl (C=O) groups excluding carboxylic acids is 1. The summed E-state index contributed by atoms with van der Waals surface area (Å²) in [6.07, 6.45) is 1.03. The second-order valence-electron chi connectivity index (χ2n) is 7.99. The molecule has 0 spiro atoms. The number of likely N-dealkylation sites (tertiary alicyclic amines) is 1. The zero-order chi connectivity index (χ0) is 21.1. The van der Waals surface area contributed by atoms with E-state index in [1.54, 1.807) is 18.2 Å². The number of carbonyl (C=O) groups is 1. The van der Waals surface area contributed by atoms with Crippen LogP contribution in [0.2, 0.25) is 0 Å². The lowest BCUT2D eigenvalue weighted by atomic mass is 9.86. The second-order valence-corrected chi connectivity index (χ2v) is 7.99. The molecule has 30 heavy (non-hydrogen) atoms. The van der Waals surface area contributed by atoms with Gasteiger partial charge in [0.15, 0.2) is 5.78 Å². The summed E-state index contributed by atoms with van der Waals surface area (Å²) in [6, 6.07) is 16.4. The molecule has 0 radical (unpaired) electrons. The number of hydrogen-bond acceptors (Lipinski definition) is 3. The highest BCUT2D eigenvalue weighted by atomic mass is 19.1. The van der Waals surface area contributed by atoms with Gasteiger partial charge in [0.05, 0.1) is 6.10 Å². The van der Waals surface area contributed by atoms with E-state index >= 15 is 0 Å². The monoisotopic (exact) mass is 409 g/mol. The number of Topliss-reactive ketones (excluding diaryl/α,β-unsaturated/α-hetero) is 1. The van der Waals surface area contributed by atoms with Gasteiger partial charge in [0.2, 0.25) is 0 Å². The smallest absolute Gasteiger partial charge is 0.164 e. The highest BCUT2D eigenvalue weighted by molar-refractivity contribution is 5.96. The van der Waals surface area contributed by atoms with Crippen LogP contribution in [0, 0.1) is 17.6 Å². The molecule has 3 nitrogen and oxygen atoms in total. The van der Waals surface area contributed by atoms with E-state index in [0.29, 0.717) is 29.5 Å². The Kier molecular flexibility index (Phi) is 6.21. The normalized spacial score (nSPS) is 16.6. The average molecular weight is 409 g/mol. The van der Waals surface area contributed by atoms with Crippen molar-refractivity contribution in [3.05, 3.63) is 83.4 Å². The number of halogens is 2. The Morgan fingerprint density at radius 2 is 1.70 bits per heavy atom. The van der Waals surface area contributed by atoms with E-state index in [1.165, 1.54) is 24.3 Å². The van der Waals surface area contributed by atoms with Gasteiger partial charge in [0.25, 0.3) is 0 Å². The van der Waals surface area contributed by atoms with Crippen LogP contribution in [0.5, 0.6) is 0 Å². The van der Waals surface area contributed by atoms with Crippen LogP contribution in [0.25, 0.3) is 10.8 Å². The number of aliphatic hydroxyl groups excluding tert-OH is 1. The Bertz CT molecular complexity index is 1030. The van der Waals surface area contributed by atoms with Crippen LogP contribution >= 0.6 is 0 Å². The first-order chi connectivity index (χ1) is 14.5. The third kappa shape index (κ3) is 4.42.